The van der Waals surface area contributed by atoms with Crippen LogP contribution in [0.5, 0.6) is 0 Å². The molecule has 0 saturated carbocycles. The molecule has 0 aromatic rings. The number of halogens is 5. The molecule has 0 aliphatic rings. The standard InChI is InChI=1S/C8H9F5O2/c1-4(2)5(14)3-6(15)7(9,10)8(11,12)13/h4H,3H2,1-2H3. The third-order valence-electron chi connectivity index (χ3n) is 1.68. The second-order valence-corrected chi connectivity index (χ2v) is 3.29. The van der Waals surface area contributed by atoms with E-state index in [9.17, 15) is 31.5 Å². The Kier molecular flexibility index (Phi) is 3.95. The topological polar surface area (TPSA) is 34.1 Å². The van der Waals surface area contributed by atoms with Crippen molar-refractivity contribution in [2.45, 2.75) is 32.4 Å². The van der Waals surface area contributed by atoms with Crippen LogP contribution in [-0.4, -0.2) is 23.7 Å². The molecule has 0 bridgehead atoms. The zero-order valence-corrected chi connectivity index (χ0v) is 7.99. The highest BCUT2D eigenvalue weighted by molar-refractivity contribution is 6.03. The minimum atomic E-state index is -5.94. The van der Waals surface area contributed by atoms with Crippen molar-refractivity contribution >= 4 is 11.6 Å². The largest absolute Gasteiger partial charge is 0.461 e. The molecular weight excluding hydrogens is 223 g/mol. The molecule has 7 heteroatoms. The van der Waals surface area contributed by atoms with E-state index < -0.39 is 36.0 Å². The number of Topliss-reactive ketones (excluding diaryl/α,β-unsaturated/α-hetero) is 2. The van der Waals surface area contributed by atoms with Gasteiger partial charge in [0.1, 0.15) is 5.78 Å². The normalized spacial score (nSPS) is 13.1. The first-order chi connectivity index (χ1) is 6.50. The Hall–Kier alpha value is -1.01. The van der Waals surface area contributed by atoms with E-state index in [2.05, 4.69) is 0 Å². The quantitative estimate of drug-likeness (QED) is 0.550. The minimum absolute atomic E-state index is 0.752. The monoisotopic (exact) mass is 232 g/mol. The molecule has 0 amide bonds. The van der Waals surface area contributed by atoms with Gasteiger partial charge >= 0.3 is 12.1 Å². The second-order valence-electron chi connectivity index (χ2n) is 3.29. The lowest BCUT2D eigenvalue weighted by atomic mass is 10.0. The number of rotatable bonds is 4. The van der Waals surface area contributed by atoms with Crippen molar-refractivity contribution in [2.75, 3.05) is 0 Å². The Morgan fingerprint density at radius 3 is 1.73 bits per heavy atom. The summed E-state index contributed by atoms with van der Waals surface area (Å²) in [6, 6.07) is 0. The van der Waals surface area contributed by atoms with Gasteiger partial charge < -0.3 is 0 Å². The van der Waals surface area contributed by atoms with Gasteiger partial charge in [-0.2, -0.15) is 22.0 Å². The van der Waals surface area contributed by atoms with Crippen molar-refractivity contribution in [1.29, 1.82) is 0 Å². The van der Waals surface area contributed by atoms with Crippen LogP contribution in [0.15, 0.2) is 0 Å². The maximum absolute atomic E-state index is 12.3. The van der Waals surface area contributed by atoms with Gasteiger partial charge in [-0.3, -0.25) is 9.59 Å². The molecular formula is C8H9F5O2. The van der Waals surface area contributed by atoms with Gasteiger partial charge in [0.2, 0.25) is 5.78 Å². The summed E-state index contributed by atoms with van der Waals surface area (Å²) in [6.45, 7) is 2.61. The molecule has 0 N–H and O–H groups in total. The molecule has 0 atom stereocenters. The van der Waals surface area contributed by atoms with Crippen LogP contribution in [0, 0.1) is 5.92 Å². The number of alkyl halides is 5. The maximum atomic E-state index is 12.3. The van der Waals surface area contributed by atoms with Gasteiger partial charge in [-0.15, -0.1) is 0 Å². The Morgan fingerprint density at radius 2 is 1.47 bits per heavy atom. The number of ketones is 2. The molecule has 0 heterocycles. The molecule has 0 aliphatic heterocycles. The van der Waals surface area contributed by atoms with Gasteiger partial charge in [0.15, 0.2) is 0 Å². The van der Waals surface area contributed by atoms with Crippen LogP contribution in [-0.2, 0) is 9.59 Å². The van der Waals surface area contributed by atoms with Crippen molar-refractivity contribution in [3.05, 3.63) is 0 Å². The zero-order chi connectivity index (χ0) is 12.4. The fourth-order valence-corrected chi connectivity index (χ4v) is 0.631. The summed E-state index contributed by atoms with van der Waals surface area (Å²) in [5, 5.41) is 0. The number of carbonyl (C=O) groups excluding carboxylic acids is 2. The molecule has 0 unspecified atom stereocenters. The van der Waals surface area contributed by atoms with E-state index in [0.717, 1.165) is 0 Å². The van der Waals surface area contributed by atoms with E-state index in [0.29, 0.717) is 0 Å². The Labute approximate surface area is 82.4 Å². The van der Waals surface area contributed by atoms with Crippen molar-refractivity contribution in [1.82, 2.24) is 0 Å². The molecule has 0 spiro atoms. The van der Waals surface area contributed by atoms with Crippen LogP contribution in [0.2, 0.25) is 0 Å². The zero-order valence-electron chi connectivity index (χ0n) is 7.99. The Morgan fingerprint density at radius 1 is 1.07 bits per heavy atom. The van der Waals surface area contributed by atoms with E-state index in [1.807, 2.05) is 0 Å². The molecule has 15 heavy (non-hydrogen) atoms. The van der Waals surface area contributed by atoms with Gasteiger partial charge in [-0.25, -0.2) is 0 Å². The Bertz CT molecular complexity index is 267. The van der Waals surface area contributed by atoms with Crippen LogP contribution in [0.3, 0.4) is 0 Å². The van der Waals surface area contributed by atoms with Gasteiger partial charge in [-0.1, -0.05) is 13.8 Å². The number of hydrogen-bond donors (Lipinski definition) is 0. The lowest BCUT2D eigenvalue weighted by Crippen LogP contribution is -2.45. The summed E-state index contributed by atoms with van der Waals surface area (Å²) in [5.41, 5.74) is 0. The lowest BCUT2D eigenvalue weighted by Gasteiger charge is -2.17. The second kappa shape index (κ2) is 4.24. The van der Waals surface area contributed by atoms with E-state index in [4.69, 9.17) is 0 Å². The average molecular weight is 232 g/mol. The summed E-state index contributed by atoms with van der Waals surface area (Å²) in [4.78, 5) is 21.3. The van der Waals surface area contributed by atoms with Crippen molar-refractivity contribution in [3.63, 3.8) is 0 Å². The smallest absolute Gasteiger partial charge is 0.299 e. The molecule has 0 aliphatic carbocycles. The molecule has 0 aromatic carbocycles. The van der Waals surface area contributed by atoms with Crippen molar-refractivity contribution < 1.29 is 31.5 Å². The fourth-order valence-electron chi connectivity index (χ4n) is 0.631. The van der Waals surface area contributed by atoms with E-state index in [1.165, 1.54) is 13.8 Å². The lowest BCUT2D eigenvalue weighted by molar-refractivity contribution is -0.268. The third kappa shape index (κ3) is 3.24. The summed E-state index contributed by atoms with van der Waals surface area (Å²) in [5.74, 6) is -9.55. The first kappa shape index (κ1) is 14.0. The Balaban J connectivity index is 4.67. The van der Waals surface area contributed by atoms with Crippen LogP contribution in [0.25, 0.3) is 0 Å². The molecule has 0 saturated heterocycles. The predicted molar refractivity (Wildman–Crippen MR) is 40.5 cm³/mol. The molecule has 0 fully saturated rings. The van der Waals surface area contributed by atoms with Gasteiger partial charge in [0.05, 0.1) is 6.42 Å². The summed E-state index contributed by atoms with van der Waals surface area (Å²) >= 11 is 0. The van der Waals surface area contributed by atoms with Crippen LogP contribution < -0.4 is 0 Å². The molecule has 88 valence electrons. The van der Waals surface area contributed by atoms with Gasteiger partial charge in [0.25, 0.3) is 0 Å². The van der Waals surface area contributed by atoms with E-state index in [1.54, 1.807) is 0 Å². The predicted octanol–water partition coefficient (Wildman–Crippen LogP) is 2.37. The van der Waals surface area contributed by atoms with E-state index >= 15 is 0 Å². The van der Waals surface area contributed by atoms with Crippen LogP contribution >= 0.6 is 0 Å². The first-order valence-electron chi connectivity index (χ1n) is 4.00. The average Bonchev–Trinajstić information content (AvgIpc) is 2.01. The summed E-state index contributed by atoms with van der Waals surface area (Å²) in [6.07, 6.45) is -7.34. The van der Waals surface area contributed by atoms with E-state index in [-0.39, 0.29) is 0 Å². The van der Waals surface area contributed by atoms with Gasteiger partial charge in [0, 0.05) is 5.92 Å². The van der Waals surface area contributed by atoms with Crippen LogP contribution in [0.1, 0.15) is 20.3 Å². The van der Waals surface area contributed by atoms with Crippen molar-refractivity contribution in [3.8, 4) is 0 Å². The molecule has 0 rings (SSSR count). The first-order valence-corrected chi connectivity index (χ1v) is 4.00. The fraction of sp³-hybridized carbons (Fsp3) is 0.750. The van der Waals surface area contributed by atoms with Gasteiger partial charge in [-0.05, 0) is 0 Å². The SMILES string of the molecule is CC(C)C(=O)CC(=O)C(F)(F)C(F)(F)F. The highest BCUT2D eigenvalue weighted by Crippen LogP contribution is 2.36. The highest BCUT2D eigenvalue weighted by atomic mass is 19.4. The number of carbonyl (C=O) groups is 2. The molecule has 0 aromatic heterocycles. The molecule has 2 nitrogen and oxygen atoms in total. The third-order valence-corrected chi connectivity index (χ3v) is 1.68. The maximum Gasteiger partial charge on any atom is 0.461 e. The number of hydrogen-bond acceptors (Lipinski definition) is 2. The summed E-state index contributed by atoms with van der Waals surface area (Å²) in [7, 11) is 0. The minimum Gasteiger partial charge on any atom is -0.299 e. The van der Waals surface area contributed by atoms with Crippen molar-refractivity contribution in [2.24, 2.45) is 5.92 Å². The molecule has 0 radical (unpaired) electrons. The highest BCUT2D eigenvalue weighted by Gasteiger charge is 2.62. The summed E-state index contributed by atoms with van der Waals surface area (Å²) < 4.78 is 59.6. The van der Waals surface area contributed by atoms with Crippen LogP contribution in [0.4, 0.5) is 22.0 Å².